The average Bonchev–Trinajstić information content (AvgIpc) is 2.27. The molecule has 2 unspecified atom stereocenters. The molecule has 2 atom stereocenters. The van der Waals surface area contributed by atoms with Gasteiger partial charge in [-0.05, 0) is 24.5 Å². The zero-order valence-electron chi connectivity index (χ0n) is 9.14. The van der Waals surface area contributed by atoms with E-state index in [-0.39, 0.29) is 5.25 Å². The Hall–Kier alpha value is -1.09. The lowest BCUT2D eigenvalue weighted by Crippen LogP contribution is -2.36. The van der Waals surface area contributed by atoms with Crippen LogP contribution >= 0.6 is 11.8 Å². The van der Waals surface area contributed by atoms with Crippen LogP contribution in [0.4, 0.5) is 5.69 Å². The van der Waals surface area contributed by atoms with Crippen LogP contribution in [0, 0.1) is 5.92 Å². The number of Topliss-reactive ketones (excluding diaryl/α,β-unsaturated/α-hetero) is 1. The normalized spacial score (nSPS) is 28.1. The Balaban J connectivity index is 2.04. The van der Waals surface area contributed by atoms with Crippen LogP contribution < -0.4 is 0 Å². The van der Waals surface area contributed by atoms with E-state index < -0.39 is 0 Å². The van der Waals surface area contributed by atoms with Gasteiger partial charge in [-0.3, -0.25) is 9.79 Å². The third-order valence-corrected chi connectivity index (χ3v) is 4.45. The first-order valence-electron chi connectivity index (χ1n) is 5.60. The molecule has 1 fully saturated rings. The van der Waals surface area contributed by atoms with Crippen LogP contribution in [0.3, 0.4) is 0 Å². The SMILES string of the molecule is CC1CC(=O)C2Sc3ccccc3N=C2C1. The Morgan fingerprint density at radius 3 is 3.00 bits per heavy atom. The lowest BCUT2D eigenvalue weighted by Gasteiger charge is -2.30. The second-order valence-corrected chi connectivity index (χ2v) is 5.70. The van der Waals surface area contributed by atoms with Gasteiger partial charge in [0.25, 0.3) is 0 Å². The molecule has 0 amide bonds. The van der Waals surface area contributed by atoms with Crippen LogP contribution in [0.1, 0.15) is 19.8 Å². The highest BCUT2D eigenvalue weighted by atomic mass is 32.2. The lowest BCUT2D eigenvalue weighted by atomic mass is 9.87. The van der Waals surface area contributed by atoms with Gasteiger partial charge in [0, 0.05) is 17.0 Å². The number of hydrogen-bond acceptors (Lipinski definition) is 3. The number of ketones is 1. The van der Waals surface area contributed by atoms with Crippen LogP contribution in [0.5, 0.6) is 0 Å². The van der Waals surface area contributed by atoms with Crippen LogP contribution in [-0.2, 0) is 4.79 Å². The summed E-state index contributed by atoms with van der Waals surface area (Å²) in [6.07, 6.45) is 1.68. The molecule has 2 aliphatic rings. The van der Waals surface area contributed by atoms with E-state index in [9.17, 15) is 4.79 Å². The number of carbonyl (C=O) groups is 1. The number of thioether (sulfide) groups is 1. The van der Waals surface area contributed by atoms with Crippen molar-refractivity contribution in [2.75, 3.05) is 0 Å². The van der Waals surface area contributed by atoms with E-state index in [4.69, 9.17) is 0 Å². The van der Waals surface area contributed by atoms with Gasteiger partial charge >= 0.3 is 0 Å². The molecular weight excluding hydrogens is 218 g/mol. The highest BCUT2D eigenvalue weighted by molar-refractivity contribution is 8.01. The van der Waals surface area contributed by atoms with E-state index in [1.807, 2.05) is 24.3 Å². The van der Waals surface area contributed by atoms with Crippen molar-refractivity contribution in [3.8, 4) is 0 Å². The largest absolute Gasteiger partial charge is 0.298 e. The van der Waals surface area contributed by atoms with Gasteiger partial charge < -0.3 is 0 Å². The molecule has 0 saturated heterocycles. The maximum Gasteiger partial charge on any atom is 0.152 e. The minimum atomic E-state index is -0.00824. The predicted molar refractivity (Wildman–Crippen MR) is 66.6 cm³/mol. The minimum absolute atomic E-state index is 0.00824. The van der Waals surface area contributed by atoms with Crippen LogP contribution in [0.2, 0.25) is 0 Å². The van der Waals surface area contributed by atoms with Crippen LogP contribution in [0.25, 0.3) is 0 Å². The summed E-state index contributed by atoms with van der Waals surface area (Å²) in [5.41, 5.74) is 2.10. The summed E-state index contributed by atoms with van der Waals surface area (Å²) in [7, 11) is 0. The fourth-order valence-corrected chi connectivity index (χ4v) is 3.50. The van der Waals surface area contributed by atoms with Crippen molar-refractivity contribution in [2.45, 2.75) is 29.9 Å². The number of fused-ring (bicyclic) bond motifs is 2. The van der Waals surface area contributed by atoms with E-state index in [1.54, 1.807) is 11.8 Å². The Morgan fingerprint density at radius 2 is 2.12 bits per heavy atom. The van der Waals surface area contributed by atoms with Crippen molar-refractivity contribution in [2.24, 2.45) is 10.9 Å². The van der Waals surface area contributed by atoms with Crippen molar-refractivity contribution < 1.29 is 4.79 Å². The Kier molecular flexibility index (Phi) is 2.36. The topological polar surface area (TPSA) is 29.4 Å². The molecule has 1 aliphatic heterocycles. The molecule has 1 aromatic carbocycles. The molecule has 3 rings (SSSR count). The number of para-hydroxylation sites is 1. The van der Waals surface area contributed by atoms with E-state index >= 15 is 0 Å². The molecule has 0 bridgehead atoms. The predicted octanol–water partition coefficient (Wildman–Crippen LogP) is 3.23. The fraction of sp³-hybridized carbons (Fsp3) is 0.385. The highest BCUT2D eigenvalue weighted by Gasteiger charge is 2.35. The molecule has 1 heterocycles. The molecule has 1 aromatic rings. The number of carbonyl (C=O) groups excluding carboxylic acids is 1. The number of benzene rings is 1. The molecule has 2 nitrogen and oxygen atoms in total. The van der Waals surface area contributed by atoms with Crippen molar-refractivity contribution in [3.05, 3.63) is 24.3 Å². The quantitative estimate of drug-likeness (QED) is 0.686. The van der Waals surface area contributed by atoms with Gasteiger partial charge in [0.1, 0.15) is 5.25 Å². The number of aliphatic imine (C=N–C) groups is 1. The zero-order chi connectivity index (χ0) is 11.1. The monoisotopic (exact) mass is 231 g/mol. The van der Waals surface area contributed by atoms with Crippen molar-refractivity contribution in [1.29, 1.82) is 0 Å². The summed E-state index contributed by atoms with van der Waals surface area (Å²) < 4.78 is 0. The molecular formula is C13H13NOS. The second kappa shape index (κ2) is 3.74. The Morgan fingerprint density at radius 1 is 1.31 bits per heavy atom. The number of rotatable bonds is 0. The fourth-order valence-electron chi connectivity index (χ4n) is 2.34. The first kappa shape index (κ1) is 10.1. The molecule has 82 valence electrons. The number of nitrogens with zero attached hydrogens (tertiary/aromatic N) is 1. The van der Waals surface area contributed by atoms with Crippen LogP contribution in [-0.4, -0.2) is 16.7 Å². The molecule has 16 heavy (non-hydrogen) atoms. The van der Waals surface area contributed by atoms with E-state index in [2.05, 4.69) is 11.9 Å². The smallest absolute Gasteiger partial charge is 0.152 e. The molecule has 0 radical (unpaired) electrons. The Bertz CT molecular complexity index is 481. The molecule has 0 spiro atoms. The van der Waals surface area contributed by atoms with E-state index in [1.165, 1.54) is 0 Å². The van der Waals surface area contributed by atoms with Gasteiger partial charge in [0.2, 0.25) is 0 Å². The Labute approximate surface area is 99.2 Å². The van der Waals surface area contributed by atoms with Crippen molar-refractivity contribution in [1.82, 2.24) is 0 Å². The van der Waals surface area contributed by atoms with E-state index in [0.717, 1.165) is 22.7 Å². The molecule has 1 saturated carbocycles. The second-order valence-electron chi connectivity index (χ2n) is 4.55. The molecule has 3 heteroatoms. The standard InChI is InChI=1S/C13H13NOS/c1-8-6-10-13(11(15)7-8)16-12-5-3-2-4-9(12)14-10/h2-5,8,13H,6-7H2,1H3. The highest BCUT2D eigenvalue weighted by Crippen LogP contribution is 2.41. The average molecular weight is 231 g/mol. The van der Waals surface area contributed by atoms with Crippen LogP contribution in [0.15, 0.2) is 34.2 Å². The van der Waals surface area contributed by atoms with Crippen molar-refractivity contribution >= 4 is 28.9 Å². The van der Waals surface area contributed by atoms with Crippen molar-refractivity contribution in [3.63, 3.8) is 0 Å². The van der Waals surface area contributed by atoms with Gasteiger partial charge in [-0.15, -0.1) is 11.8 Å². The molecule has 0 N–H and O–H groups in total. The first-order valence-corrected chi connectivity index (χ1v) is 6.48. The summed E-state index contributed by atoms with van der Waals surface area (Å²) in [5.74, 6) is 0.797. The van der Waals surface area contributed by atoms with Gasteiger partial charge in [-0.1, -0.05) is 19.1 Å². The summed E-state index contributed by atoms with van der Waals surface area (Å²) >= 11 is 1.67. The summed E-state index contributed by atoms with van der Waals surface area (Å²) in [5, 5.41) is -0.00824. The van der Waals surface area contributed by atoms with E-state index in [0.29, 0.717) is 18.1 Å². The third kappa shape index (κ3) is 1.59. The lowest BCUT2D eigenvalue weighted by molar-refractivity contribution is -0.118. The van der Waals surface area contributed by atoms with Gasteiger partial charge in [0.15, 0.2) is 5.78 Å². The van der Waals surface area contributed by atoms with Gasteiger partial charge in [-0.25, -0.2) is 0 Å². The molecule has 1 aliphatic carbocycles. The maximum atomic E-state index is 11.9. The summed E-state index contributed by atoms with van der Waals surface area (Å²) in [6, 6.07) is 8.07. The summed E-state index contributed by atoms with van der Waals surface area (Å²) in [6.45, 7) is 2.13. The van der Waals surface area contributed by atoms with Gasteiger partial charge in [0.05, 0.1) is 5.69 Å². The zero-order valence-corrected chi connectivity index (χ0v) is 9.96. The number of hydrogen-bond donors (Lipinski definition) is 0. The minimum Gasteiger partial charge on any atom is -0.298 e. The first-order chi connectivity index (χ1) is 7.74. The summed E-state index contributed by atoms with van der Waals surface area (Å²) in [4.78, 5) is 17.7. The third-order valence-electron chi connectivity index (χ3n) is 3.08. The van der Waals surface area contributed by atoms with Gasteiger partial charge in [-0.2, -0.15) is 0 Å². The maximum absolute atomic E-state index is 11.9. The molecule has 0 aromatic heterocycles.